The summed E-state index contributed by atoms with van der Waals surface area (Å²) >= 11 is 6.01. The first-order valence-electron chi connectivity index (χ1n) is 7.72. The molecule has 1 saturated heterocycles. The second-order valence-electron chi connectivity index (χ2n) is 6.52. The predicted octanol–water partition coefficient (Wildman–Crippen LogP) is 4.06. The minimum absolute atomic E-state index is 0.0222. The molecule has 4 atom stereocenters. The van der Waals surface area contributed by atoms with Crippen molar-refractivity contribution in [2.24, 2.45) is 23.7 Å². The SMILES string of the molecule is O=C1[C@@H]2[C@@H](C(=O)N1c1cc(C(F)(F)F)ccc1Cl)[C@H]1C=C[C@H]2CC1. The van der Waals surface area contributed by atoms with E-state index in [4.69, 9.17) is 11.6 Å². The third-order valence-electron chi connectivity index (χ3n) is 5.27. The molecule has 1 saturated carbocycles. The van der Waals surface area contributed by atoms with E-state index < -0.39 is 35.4 Å². The molecule has 2 fully saturated rings. The van der Waals surface area contributed by atoms with E-state index in [2.05, 4.69) is 0 Å². The molecule has 0 unspecified atom stereocenters. The van der Waals surface area contributed by atoms with Gasteiger partial charge in [0.05, 0.1) is 28.1 Å². The Morgan fingerprint density at radius 1 is 1.00 bits per heavy atom. The maximum absolute atomic E-state index is 13.0. The number of anilines is 1. The van der Waals surface area contributed by atoms with E-state index in [1.54, 1.807) is 0 Å². The zero-order valence-electron chi connectivity index (χ0n) is 12.4. The summed E-state index contributed by atoms with van der Waals surface area (Å²) in [7, 11) is 0. The maximum atomic E-state index is 13.0. The van der Waals surface area contributed by atoms with Crippen LogP contribution in [0, 0.1) is 23.7 Å². The van der Waals surface area contributed by atoms with Crippen LogP contribution < -0.4 is 4.90 Å². The average Bonchev–Trinajstić information content (AvgIpc) is 2.82. The molecule has 2 amide bonds. The van der Waals surface area contributed by atoms with Crippen molar-refractivity contribution in [3.05, 3.63) is 40.9 Å². The van der Waals surface area contributed by atoms with Crippen molar-refractivity contribution >= 4 is 29.1 Å². The second-order valence-corrected chi connectivity index (χ2v) is 6.92. The molecule has 2 bridgehead atoms. The fourth-order valence-corrected chi connectivity index (χ4v) is 4.37. The Morgan fingerprint density at radius 2 is 1.54 bits per heavy atom. The lowest BCUT2D eigenvalue weighted by atomic mass is 9.63. The van der Waals surface area contributed by atoms with Gasteiger partial charge >= 0.3 is 6.18 Å². The number of alkyl halides is 3. The molecule has 0 radical (unpaired) electrons. The van der Waals surface area contributed by atoms with E-state index in [9.17, 15) is 22.8 Å². The van der Waals surface area contributed by atoms with Gasteiger partial charge in [0.25, 0.3) is 0 Å². The summed E-state index contributed by atoms with van der Waals surface area (Å²) in [5.74, 6) is -1.88. The van der Waals surface area contributed by atoms with Gasteiger partial charge in [0.2, 0.25) is 11.8 Å². The van der Waals surface area contributed by atoms with Crippen LogP contribution in [0.3, 0.4) is 0 Å². The fraction of sp³-hybridized carbons (Fsp3) is 0.412. The highest BCUT2D eigenvalue weighted by atomic mass is 35.5. The monoisotopic (exact) mass is 355 g/mol. The standard InChI is InChI=1S/C17H13ClF3NO2/c18-11-6-5-10(17(19,20)21)7-12(11)22-15(23)13-8-1-2-9(4-3-8)14(13)16(22)24/h1-2,5-9,13-14H,3-4H2/t8-,9-,13-,14-/m0/s1. The van der Waals surface area contributed by atoms with Crippen LogP contribution >= 0.6 is 11.6 Å². The lowest BCUT2D eigenvalue weighted by Gasteiger charge is -2.38. The van der Waals surface area contributed by atoms with Crippen LogP contribution in [-0.2, 0) is 15.8 Å². The summed E-state index contributed by atoms with van der Waals surface area (Å²) in [4.78, 5) is 26.4. The number of hydrogen-bond donors (Lipinski definition) is 0. The summed E-state index contributed by atoms with van der Waals surface area (Å²) in [6.07, 6.45) is 0.991. The smallest absolute Gasteiger partial charge is 0.274 e. The number of imide groups is 1. The van der Waals surface area contributed by atoms with E-state index in [-0.39, 0.29) is 22.5 Å². The van der Waals surface area contributed by atoms with Gasteiger partial charge in [-0.05, 0) is 42.9 Å². The van der Waals surface area contributed by atoms with Crippen molar-refractivity contribution in [3.63, 3.8) is 0 Å². The van der Waals surface area contributed by atoms with Crippen LogP contribution in [0.2, 0.25) is 5.02 Å². The Bertz CT molecular complexity index is 742. The second kappa shape index (κ2) is 5.09. The molecule has 0 spiro atoms. The zero-order chi connectivity index (χ0) is 17.2. The van der Waals surface area contributed by atoms with Gasteiger partial charge in [-0.15, -0.1) is 0 Å². The Balaban J connectivity index is 1.78. The summed E-state index contributed by atoms with van der Waals surface area (Å²) in [5.41, 5.74) is -1.10. The summed E-state index contributed by atoms with van der Waals surface area (Å²) < 4.78 is 38.9. The van der Waals surface area contributed by atoms with E-state index >= 15 is 0 Å². The first-order valence-corrected chi connectivity index (χ1v) is 8.09. The molecule has 1 aromatic rings. The van der Waals surface area contributed by atoms with Gasteiger partial charge in [0.1, 0.15) is 0 Å². The van der Waals surface area contributed by atoms with Crippen molar-refractivity contribution in [1.29, 1.82) is 0 Å². The minimum atomic E-state index is -4.57. The molecule has 0 N–H and O–H groups in total. The number of carbonyl (C=O) groups is 2. The van der Waals surface area contributed by atoms with Gasteiger partial charge < -0.3 is 0 Å². The van der Waals surface area contributed by atoms with Gasteiger partial charge in [-0.2, -0.15) is 13.2 Å². The van der Waals surface area contributed by atoms with Crippen LogP contribution in [0.25, 0.3) is 0 Å². The Kier molecular flexibility index (Phi) is 3.33. The third kappa shape index (κ3) is 2.12. The van der Waals surface area contributed by atoms with E-state index in [1.165, 1.54) is 0 Å². The largest absolute Gasteiger partial charge is 0.416 e. The Labute approximate surface area is 141 Å². The van der Waals surface area contributed by atoms with Crippen LogP contribution in [-0.4, -0.2) is 11.8 Å². The molecule has 5 rings (SSSR count). The molecule has 1 aliphatic heterocycles. The maximum Gasteiger partial charge on any atom is 0.416 e. The molecule has 126 valence electrons. The molecule has 3 nitrogen and oxygen atoms in total. The van der Waals surface area contributed by atoms with Crippen molar-refractivity contribution in [2.75, 3.05) is 4.90 Å². The summed E-state index contributed by atoms with van der Waals surface area (Å²) in [5, 5.41) is -0.0383. The van der Waals surface area contributed by atoms with Gasteiger partial charge in [-0.3, -0.25) is 9.59 Å². The first kappa shape index (κ1) is 15.7. The van der Waals surface area contributed by atoms with Crippen LogP contribution in [0.4, 0.5) is 18.9 Å². The van der Waals surface area contributed by atoms with Crippen molar-refractivity contribution in [1.82, 2.24) is 0 Å². The molecule has 7 heteroatoms. The molecule has 4 aliphatic rings. The molecule has 3 aliphatic carbocycles. The number of amides is 2. The van der Waals surface area contributed by atoms with E-state index in [1.807, 2.05) is 12.2 Å². The fourth-order valence-electron chi connectivity index (χ4n) is 4.17. The van der Waals surface area contributed by atoms with Crippen LogP contribution in [0.1, 0.15) is 18.4 Å². The first-order chi connectivity index (χ1) is 11.3. The summed E-state index contributed by atoms with van der Waals surface area (Å²) in [6.45, 7) is 0. The Hall–Kier alpha value is -1.82. The molecule has 24 heavy (non-hydrogen) atoms. The van der Waals surface area contributed by atoms with E-state index in [0.29, 0.717) is 0 Å². The van der Waals surface area contributed by atoms with Crippen LogP contribution in [0.15, 0.2) is 30.4 Å². The van der Waals surface area contributed by atoms with Gasteiger partial charge in [-0.25, -0.2) is 4.90 Å². The molecule has 0 aromatic heterocycles. The molecular weight excluding hydrogens is 343 g/mol. The molecule has 1 heterocycles. The van der Waals surface area contributed by atoms with Crippen LogP contribution in [0.5, 0.6) is 0 Å². The lowest BCUT2D eigenvalue weighted by Crippen LogP contribution is -2.38. The highest BCUT2D eigenvalue weighted by molar-refractivity contribution is 6.36. The van der Waals surface area contributed by atoms with Crippen molar-refractivity contribution < 1.29 is 22.8 Å². The number of carbonyl (C=O) groups excluding carboxylic acids is 2. The third-order valence-corrected chi connectivity index (χ3v) is 5.59. The number of rotatable bonds is 1. The number of hydrogen-bond acceptors (Lipinski definition) is 2. The van der Waals surface area contributed by atoms with Gasteiger partial charge in [0, 0.05) is 0 Å². The quantitative estimate of drug-likeness (QED) is 0.562. The average molecular weight is 356 g/mol. The highest BCUT2D eigenvalue weighted by Crippen LogP contribution is 2.51. The normalized spacial score (nSPS) is 31.8. The Morgan fingerprint density at radius 3 is 2.00 bits per heavy atom. The summed E-state index contributed by atoms with van der Waals surface area (Å²) in [6, 6.07) is 2.70. The number of benzene rings is 1. The zero-order valence-corrected chi connectivity index (χ0v) is 13.1. The van der Waals surface area contributed by atoms with E-state index in [0.717, 1.165) is 35.9 Å². The minimum Gasteiger partial charge on any atom is -0.274 e. The van der Waals surface area contributed by atoms with Gasteiger partial charge in [0.15, 0.2) is 0 Å². The van der Waals surface area contributed by atoms with Crippen molar-refractivity contribution in [3.8, 4) is 0 Å². The number of halogens is 4. The highest BCUT2D eigenvalue weighted by Gasteiger charge is 2.57. The number of allylic oxidation sites excluding steroid dienone is 2. The number of fused-ring (bicyclic) bond motifs is 1. The topological polar surface area (TPSA) is 37.4 Å². The predicted molar refractivity (Wildman–Crippen MR) is 81.3 cm³/mol. The van der Waals surface area contributed by atoms with Crippen molar-refractivity contribution in [2.45, 2.75) is 19.0 Å². The molecule has 1 aromatic carbocycles. The lowest BCUT2D eigenvalue weighted by molar-refractivity contribution is -0.137. The molecular formula is C17H13ClF3NO2. The number of nitrogens with zero attached hydrogens (tertiary/aromatic N) is 1. The van der Waals surface area contributed by atoms with Gasteiger partial charge in [-0.1, -0.05) is 23.8 Å².